The summed E-state index contributed by atoms with van der Waals surface area (Å²) in [7, 11) is -4.14. The van der Waals surface area contributed by atoms with Crippen molar-refractivity contribution in [1.82, 2.24) is 0 Å². The molecule has 2 N–H and O–H groups in total. The minimum absolute atomic E-state index is 0.295. The van der Waals surface area contributed by atoms with E-state index in [2.05, 4.69) is 4.99 Å². The molecule has 0 aromatic heterocycles. The topological polar surface area (TPSA) is 72.5 Å². The Morgan fingerprint density at radius 3 is 2.25 bits per heavy atom. The number of rotatable bonds is 3. The molecule has 0 fully saturated rings. The van der Waals surface area contributed by atoms with Crippen LogP contribution in [0.4, 0.5) is 8.78 Å². The highest BCUT2D eigenvalue weighted by Crippen LogP contribution is 2.36. The SMILES string of the molecule is NS(=O)(=O)c1ccc(C2(c3ccc(F)cc3)C=CC=NC2)cc1F. The van der Waals surface area contributed by atoms with Gasteiger partial charge in [0.25, 0.3) is 0 Å². The molecule has 7 heteroatoms. The average molecular weight is 348 g/mol. The Morgan fingerprint density at radius 1 is 1.04 bits per heavy atom. The third-order valence-corrected chi connectivity index (χ3v) is 4.97. The van der Waals surface area contributed by atoms with E-state index in [4.69, 9.17) is 5.14 Å². The fourth-order valence-corrected chi connectivity index (χ4v) is 3.40. The van der Waals surface area contributed by atoms with E-state index in [1.807, 2.05) is 6.08 Å². The zero-order valence-corrected chi connectivity index (χ0v) is 13.3. The second-order valence-corrected chi connectivity index (χ2v) is 7.05. The first-order valence-electron chi connectivity index (χ1n) is 7.09. The fraction of sp³-hybridized carbons (Fsp3) is 0.118. The van der Waals surface area contributed by atoms with Gasteiger partial charge in [-0.25, -0.2) is 22.3 Å². The maximum Gasteiger partial charge on any atom is 0.240 e. The zero-order valence-electron chi connectivity index (χ0n) is 12.5. The summed E-state index contributed by atoms with van der Waals surface area (Å²) in [6.45, 7) is 0.295. The number of sulfonamides is 1. The van der Waals surface area contributed by atoms with Crippen LogP contribution in [0.3, 0.4) is 0 Å². The van der Waals surface area contributed by atoms with Crippen LogP contribution in [-0.4, -0.2) is 21.2 Å². The predicted octanol–water partition coefficient (Wildman–Crippen LogP) is 2.54. The third-order valence-electron chi connectivity index (χ3n) is 4.03. The van der Waals surface area contributed by atoms with Gasteiger partial charge in [-0.05, 0) is 41.5 Å². The molecule has 0 saturated carbocycles. The molecule has 0 saturated heterocycles. The molecule has 1 atom stereocenters. The number of nitrogens with zero attached hydrogens (tertiary/aromatic N) is 1. The van der Waals surface area contributed by atoms with Crippen molar-refractivity contribution in [2.45, 2.75) is 10.3 Å². The van der Waals surface area contributed by atoms with Gasteiger partial charge in [0, 0.05) is 6.21 Å². The van der Waals surface area contributed by atoms with E-state index in [0.29, 0.717) is 12.1 Å². The Balaban J connectivity index is 2.18. The normalized spacial score (nSPS) is 20.3. The van der Waals surface area contributed by atoms with Crippen molar-refractivity contribution in [3.63, 3.8) is 0 Å². The largest absolute Gasteiger partial charge is 0.292 e. The lowest BCUT2D eigenvalue weighted by Crippen LogP contribution is -2.31. The van der Waals surface area contributed by atoms with Crippen molar-refractivity contribution in [3.8, 4) is 0 Å². The minimum Gasteiger partial charge on any atom is -0.292 e. The van der Waals surface area contributed by atoms with Gasteiger partial charge in [-0.2, -0.15) is 0 Å². The van der Waals surface area contributed by atoms with Crippen LogP contribution in [0.5, 0.6) is 0 Å². The van der Waals surface area contributed by atoms with Crippen LogP contribution >= 0.6 is 0 Å². The highest BCUT2D eigenvalue weighted by atomic mass is 32.2. The van der Waals surface area contributed by atoms with Crippen molar-refractivity contribution >= 4 is 16.2 Å². The van der Waals surface area contributed by atoms with Gasteiger partial charge in [-0.15, -0.1) is 0 Å². The molecule has 0 bridgehead atoms. The lowest BCUT2D eigenvalue weighted by atomic mass is 9.73. The van der Waals surface area contributed by atoms with Gasteiger partial charge in [0.2, 0.25) is 10.0 Å². The quantitative estimate of drug-likeness (QED) is 0.926. The van der Waals surface area contributed by atoms with Crippen molar-refractivity contribution in [1.29, 1.82) is 0 Å². The van der Waals surface area contributed by atoms with E-state index in [1.165, 1.54) is 18.2 Å². The number of halogens is 2. The lowest BCUT2D eigenvalue weighted by Gasteiger charge is -2.32. The van der Waals surface area contributed by atoms with Gasteiger partial charge in [0.1, 0.15) is 16.5 Å². The summed E-state index contributed by atoms with van der Waals surface area (Å²) in [6, 6.07) is 9.61. The minimum atomic E-state index is -4.14. The van der Waals surface area contributed by atoms with Crippen LogP contribution in [0.2, 0.25) is 0 Å². The summed E-state index contributed by atoms with van der Waals surface area (Å²) >= 11 is 0. The summed E-state index contributed by atoms with van der Waals surface area (Å²) < 4.78 is 50.3. The Morgan fingerprint density at radius 2 is 1.71 bits per heavy atom. The molecule has 124 valence electrons. The summed E-state index contributed by atoms with van der Waals surface area (Å²) in [5.74, 6) is -1.31. The second-order valence-electron chi connectivity index (χ2n) is 5.52. The van der Waals surface area contributed by atoms with Gasteiger partial charge in [-0.3, -0.25) is 4.99 Å². The number of dihydropyridines is 1. The molecule has 0 radical (unpaired) electrons. The smallest absolute Gasteiger partial charge is 0.240 e. The molecule has 1 aliphatic rings. The lowest BCUT2D eigenvalue weighted by molar-refractivity contribution is 0.560. The molecule has 24 heavy (non-hydrogen) atoms. The molecule has 1 aliphatic heterocycles. The first kappa shape index (κ1) is 16.5. The van der Waals surface area contributed by atoms with E-state index in [9.17, 15) is 17.2 Å². The van der Waals surface area contributed by atoms with Crippen LogP contribution in [0.15, 0.2) is 64.5 Å². The van der Waals surface area contributed by atoms with Crippen molar-refractivity contribution < 1.29 is 17.2 Å². The predicted molar refractivity (Wildman–Crippen MR) is 87.5 cm³/mol. The maximum atomic E-state index is 14.3. The molecule has 2 aromatic rings. The number of nitrogens with two attached hydrogens (primary N) is 1. The van der Waals surface area contributed by atoms with E-state index < -0.39 is 26.2 Å². The van der Waals surface area contributed by atoms with E-state index in [-0.39, 0.29) is 5.82 Å². The number of aliphatic imine (C=N–C) groups is 1. The molecule has 0 spiro atoms. The van der Waals surface area contributed by atoms with Gasteiger partial charge in [0.15, 0.2) is 0 Å². The number of hydrogen-bond donors (Lipinski definition) is 1. The Hall–Kier alpha value is -2.38. The fourth-order valence-electron chi connectivity index (χ4n) is 2.82. The number of hydrogen-bond acceptors (Lipinski definition) is 3. The third kappa shape index (κ3) is 2.88. The Kier molecular flexibility index (Phi) is 4.06. The molecular weight excluding hydrogens is 334 g/mol. The Bertz CT molecular complexity index is 938. The summed E-state index contributed by atoms with van der Waals surface area (Å²) in [5.41, 5.74) is 0.423. The van der Waals surface area contributed by atoms with Gasteiger partial charge in [-0.1, -0.05) is 24.3 Å². The monoisotopic (exact) mass is 348 g/mol. The Labute approximate surface area is 138 Å². The number of primary sulfonamides is 1. The van der Waals surface area contributed by atoms with Crippen molar-refractivity contribution in [3.05, 3.63) is 77.4 Å². The summed E-state index contributed by atoms with van der Waals surface area (Å²) in [4.78, 5) is 3.67. The van der Waals surface area contributed by atoms with Crippen LogP contribution < -0.4 is 5.14 Å². The average Bonchev–Trinajstić information content (AvgIpc) is 2.55. The molecular formula is C17H14F2N2O2S. The molecule has 1 heterocycles. The van der Waals surface area contributed by atoms with Crippen LogP contribution in [0.1, 0.15) is 11.1 Å². The standard InChI is InChI=1S/C17H14F2N2O2S/c18-14-5-2-12(3-6-14)17(8-1-9-21-11-17)13-4-7-16(15(19)10-13)24(20,22)23/h1-10H,11H2,(H2,20,22,23). The van der Waals surface area contributed by atoms with E-state index in [1.54, 1.807) is 24.4 Å². The summed E-state index contributed by atoms with van der Waals surface area (Å²) in [6.07, 6.45) is 5.17. The highest BCUT2D eigenvalue weighted by molar-refractivity contribution is 7.89. The van der Waals surface area contributed by atoms with Crippen LogP contribution in [0.25, 0.3) is 0 Å². The molecule has 4 nitrogen and oxygen atoms in total. The van der Waals surface area contributed by atoms with E-state index >= 15 is 0 Å². The molecule has 3 rings (SSSR count). The highest BCUT2D eigenvalue weighted by Gasteiger charge is 2.33. The summed E-state index contributed by atoms with van der Waals surface area (Å²) in [5, 5.41) is 5.00. The van der Waals surface area contributed by atoms with Gasteiger partial charge < -0.3 is 0 Å². The van der Waals surface area contributed by atoms with Crippen molar-refractivity contribution in [2.24, 2.45) is 10.1 Å². The van der Waals surface area contributed by atoms with E-state index in [0.717, 1.165) is 17.7 Å². The molecule has 2 aromatic carbocycles. The number of benzene rings is 2. The zero-order chi connectivity index (χ0) is 17.4. The second kappa shape index (κ2) is 5.92. The molecule has 0 amide bonds. The van der Waals surface area contributed by atoms with Gasteiger partial charge in [0.05, 0.1) is 12.0 Å². The van der Waals surface area contributed by atoms with Crippen molar-refractivity contribution in [2.75, 3.05) is 6.54 Å². The molecule has 1 unspecified atom stereocenters. The first-order chi connectivity index (χ1) is 11.3. The number of allylic oxidation sites excluding steroid dienone is 1. The van der Waals surface area contributed by atoms with Gasteiger partial charge >= 0.3 is 0 Å². The first-order valence-corrected chi connectivity index (χ1v) is 8.64. The van der Waals surface area contributed by atoms with Crippen LogP contribution in [0, 0.1) is 11.6 Å². The molecule has 0 aliphatic carbocycles. The maximum absolute atomic E-state index is 14.3. The van der Waals surface area contributed by atoms with Crippen LogP contribution in [-0.2, 0) is 15.4 Å².